The van der Waals surface area contributed by atoms with Gasteiger partial charge in [-0.05, 0) is 156 Å². The Bertz CT molecular complexity index is 3600. The molecular formula is C56H33N3. The van der Waals surface area contributed by atoms with Gasteiger partial charge in [0.15, 0.2) is 0 Å². The summed E-state index contributed by atoms with van der Waals surface area (Å²) >= 11 is 0. The molecule has 272 valence electrons. The molecule has 0 N–H and O–H groups in total. The molecule has 0 aliphatic carbocycles. The monoisotopic (exact) mass is 747 g/mol. The summed E-state index contributed by atoms with van der Waals surface area (Å²) in [5, 5.41) is 21.9. The third-order valence-corrected chi connectivity index (χ3v) is 12.1. The highest BCUT2D eigenvalue weighted by molar-refractivity contribution is 6.24. The number of fused-ring (bicyclic) bond motifs is 4. The summed E-state index contributed by atoms with van der Waals surface area (Å²) in [4.78, 5) is 5.06. The lowest BCUT2D eigenvalue weighted by Crippen LogP contribution is -1.93. The topological polar surface area (TPSA) is 41.6 Å². The smallest absolute Gasteiger partial charge is 0.0991 e. The fraction of sp³-hybridized carbons (Fsp3) is 0. The van der Waals surface area contributed by atoms with E-state index in [9.17, 15) is 5.26 Å². The molecular weight excluding hydrogens is 715 g/mol. The van der Waals surface area contributed by atoms with Gasteiger partial charge in [0.2, 0.25) is 0 Å². The van der Waals surface area contributed by atoms with Gasteiger partial charge in [-0.2, -0.15) is 5.26 Å². The Balaban J connectivity index is 0.901. The zero-order chi connectivity index (χ0) is 39.0. The quantitative estimate of drug-likeness (QED) is 0.165. The molecule has 3 heteroatoms. The first-order valence-electron chi connectivity index (χ1n) is 20.0. The average molecular weight is 748 g/mol. The molecule has 12 aromatic rings. The van der Waals surface area contributed by atoms with Crippen molar-refractivity contribution < 1.29 is 0 Å². The van der Waals surface area contributed by atoms with Crippen molar-refractivity contribution in [1.82, 2.24) is 9.55 Å². The molecule has 0 spiro atoms. The van der Waals surface area contributed by atoms with Crippen molar-refractivity contribution in [3.8, 4) is 56.5 Å². The first kappa shape index (κ1) is 33.1. The van der Waals surface area contributed by atoms with Crippen LogP contribution in [0.2, 0.25) is 0 Å². The van der Waals surface area contributed by atoms with Crippen molar-refractivity contribution in [3.63, 3.8) is 0 Å². The van der Waals surface area contributed by atoms with E-state index in [1.165, 1.54) is 54.2 Å². The zero-order valence-electron chi connectivity index (χ0n) is 31.9. The van der Waals surface area contributed by atoms with Crippen LogP contribution in [0.25, 0.3) is 115 Å². The molecule has 0 saturated heterocycles. The van der Waals surface area contributed by atoms with Crippen molar-refractivity contribution in [3.05, 3.63) is 206 Å². The molecule has 0 aliphatic heterocycles. The standard InChI is InChI=1S/C56H33N3/c57-34-35-14-24-53-49(26-35)50-33-41(23-25-54(50)59(53)48-10-5-2-6-11-48)39-16-15-38-28-40(18-17-37(38)27-39)46-29-42-19-21-44-31-47(32-45-22-20-43(30-46)55(42)56(44)45)52-13-7-12-51(58-52)36-8-3-1-4-9-36/h1-33H. The van der Waals surface area contributed by atoms with Gasteiger partial charge in [0.05, 0.1) is 34.1 Å². The Morgan fingerprint density at radius 1 is 0.356 bits per heavy atom. The van der Waals surface area contributed by atoms with Crippen LogP contribution in [0, 0.1) is 11.3 Å². The number of aromatic nitrogens is 2. The molecule has 10 aromatic carbocycles. The largest absolute Gasteiger partial charge is 0.309 e. The summed E-state index contributed by atoms with van der Waals surface area (Å²) in [5.74, 6) is 0. The van der Waals surface area contributed by atoms with Gasteiger partial charge in [-0.3, -0.25) is 0 Å². The molecule has 2 aromatic heterocycles. The Labute approximate surface area is 340 Å². The maximum absolute atomic E-state index is 9.74. The van der Waals surface area contributed by atoms with Gasteiger partial charge < -0.3 is 4.57 Å². The van der Waals surface area contributed by atoms with Gasteiger partial charge in [-0.25, -0.2) is 4.98 Å². The lowest BCUT2D eigenvalue weighted by atomic mass is 9.89. The van der Waals surface area contributed by atoms with E-state index in [1.54, 1.807) is 0 Å². The minimum absolute atomic E-state index is 0.662. The van der Waals surface area contributed by atoms with Gasteiger partial charge in [0.1, 0.15) is 0 Å². The van der Waals surface area contributed by atoms with E-state index in [0.717, 1.165) is 61.1 Å². The van der Waals surface area contributed by atoms with Crippen molar-refractivity contribution in [1.29, 1.82) is 5.26 Å². The van der Waals surface area contributed by atoms with Crippen LogP contribution in [0.3, 0.4) is 0 Å². The van der Waals surface area contributed by atoms with E-state index < -0.39 is 0 Å². The molecule has 12 rings (SSSR count). The van der Waals surface area contributed by atoms with Gasteiger partial charge in [0, 0.05) is 27.6 Å². The van der Waals surface area contributed by atoms with Crippen LogP contribution in [-0.4, -0.2) is 9.55 Å². The van der Waals surface area contributed by atoms with E-state index in [4.69, 9.17) is 4.98 Å². The van der Waals surface area contributed by atoms with E-state index in [0.29, 0.717) is 5.56 Å². The highest BCUT2D eigenvalue weighted by Crippen LogP contribution is 2.41. The van der Waals surface area contributed by atoms with E-state index in [2.05, 4.69) is 187 Å². The normalized spacial score (nSPS) is 11.7. The Morgan fingerprint density at radius 3 is 1.46 bits per heavy atom. The number of hydrogen-bond acceptors (Lipinski definition) is 2. The molecule has 2 heterocycles. The van der Waals surface area contributed by atoms with Crippen LogP contribution in [0.1, 0.15) is 5.56 Å². The number of rotatable bonds is 5. The molecule has 59 heavy (non-hydrogen) atoms. The summed E-state index contributed by atoms with van der Waals surface area (Å²) in [7, 11) is 0. The predicted octanol–water partition coefficient (Wildman–Crippen LogP) is 14.8. The molecule has 0 radical (unpaired) electrons. The molecule has 0 unspecified atom stereocenters. The van der Waals surface area contributed by atoms with Gasteiger partial charge >= 0.3 is 0 Å². The molecule has 0 atom stereocenters. The van der Waals surface area contributed by atoms with Gasteiger partial charge in [-0.15, -0.1) is 0 Å². The second-order valence-corrected chi connectivity index (χ2v) is 15.5. The van der Waals surface area contributed by atoms with Gasteiger partial charge in [0.25, 0.3) is 0 Å². The van der Waals surface area contributed by atoms with Crippen LogP contribution in [0.4, 0.5) is 0 Å². The summed E-state index contributed by atoms with van der Waals surface area (Å²) < 4.78 is 2.29. The van der Waals surface area contributed by atoms with Crippen molar-refractivity contribution >= 4 is 64.9 Å². The second kappa shape index (κ2) is 13.0. The molecule has 0 saturated carbocycles. The van der Waals surface area contributed by atoms with Crippen LogP contribution in [0.5, 0.6) is 0 Å². The first-order valence-corrected chi connectivity index (χ1v) is 20.0. The highest BCUT2D eigenvalue weighted by Gasteiger charge is 2.16. The molecule has 3 nitrogen and oxygen atoms in total. The number of pyridine rings is 1. The summed E-state index contributed by atoms with van der Waals surface area (Å²) in [6.07, 6.45) is 0. The lowest BCUT2D eigenvalue weighted by molar-refractivity contribution is 1.18. The maximum Gasteiger partial charge on any atom is 0.0991 e. The van der Waals surface area contributed by atoms with Crippen LogP contribution in [0.15, 0.2) is 200 Å². The zero-order valence-corrected chi connectivity index (χ0v) is 31.9. The average Bonchev–Trinajstić information content (AvgIpc) is 3.63. The Hall–Kier alpha value is -8.06. The fourth-order valence-corrected chi connectivity index (χ4v) is 9.25. The minimum atomic E-state index is 0.662. The van der Waals surface area contributed by atoms with E-state index >= 15 is 0 Å². The SMILES string of the molecule is N#Cc1ccc2c(c1)c1cc(-c3ccc4cc(-c5cc6ccc7cc(-c8cccc(-c9ccccc9)n8)cc8ccc(c5)c6c78)ccc4c3)ccc1n2-c1ccccc1. The van der Waals surface area contributed by atoms with Crippen LogP contribution in [-0.2, 0) is 0 Å². The van der Waals surface area contributed by atoms with Gasteiger partial charge in [-0.1, -0.05) is 109 Å². The Morgan fingerprint density at radius 2 is 0.831 bits per heavy atom. The number of para-hydroxylation sites is 1. The maximum atomic E-state index is 9.74. The van der Waals surface area contributed by atoms with Crippen LogP contribution < -0.4 is 0 Å². The highest BCUT2D eigenvalue weighted by atomic mass is 15.0. The van der Waals surface area contributed by atoms with E-state index in [1.807, 2.05) is 24.3 Å². The van der Waals surface area contributed by atoms with Crippen molar-refractivity contribution in [2.24, 2.45) is 0 Å². The number of benzene rings is 10. The molecule has 0 aliphatic rings. The number of nitriles is 1. The van der Waals surface area contributed by atoms with Crippen molar-refractivity contribution in [2.75, 3.05) is 0 Å². The number of hydrogen-bond donors (Lipinski definition) is 0. The molecule has 0 bridgehead atoms. The third kappa shape index (κ3) is 5.39. The summed E-state index contributed by atoms with van der Waals surface area (Å²) in [5.41, 5.74) is 12.9. The molecule has 0 fully saturated rings. The van der Waals surface area contributed by atoms with Crippen molar-refractivity contribution in [2.45, 2.75) is 0 Å². The lowest BCUT2D eigenvalue weighted by Gasteiger charge is -2.15. The Kier molecular flexibility index (Phi) is 7.29. The van der Waals surface area contributed by atoms with Crippen LogP contribution >= 0.6 is 0 Å². The second-order valence-electron chi connectivity index (χ2n) is 15.5. The summed E-state index contributed by atoms with van der Waals surface area (Å²) in [6, 6.07) is 74.0. The van der Waals surface area contributed by atoms with E-state index in [-0.39, 0.29) is 0 Å². The first-order chi connectivity index (χ1) is 29.1. The molecule has 0 amide bonds. The number of nitrogens with zero attached hydrogens (tertiary/aromatic N) is 3. The predicted molar refractivity (Wildman–Crippen MR) is 246 cm³/mol. The third-order valence-electron chi connectivity index (χ3n) is 12.1. The fourth-order valence-electron chi connectivity index (χ4n) is 9.25. The summed E-state index contributed by atoms with van der Waals surface area (Å²) in [6.45, 7) is 0. The minimum Gasteiger partial charge on any atom is -0.309 e.